The predicted molar refractivity (Wildman–Crippen MR) is 92.3 cm³/mol. The van der Waals surface area contributed by atoms with Gasteiger partial charge in [0.25, 0.3) is 5.69 Å². The van der Waals surface area contributed by atoms with Crippen LogP contribution in [0.5, 0.6) is 0 Å². The standard InChI is InChI=1S/C16H11F3N4O5/c17-16(18,19)15(9-14(24)10-4-2-1-3-5-10)21-20-12-7-6-11(22(25)26)8-13(12)23(27)28/h1-8,20H,9H2/b21-15+. The molecule has 0 unspecified atom stereocenters. The van der Waals surface area contributed by atoms with Gasteiger partial charge in [-0.3, -0.25) is 30.4 Å². The van der Waals surface area contributed by atoms with Crippen molar-refractivity contribution in [1.29, 1.82) is 0 Å². The van der Waals surface area contributed by atoms with E-state index in [2.05, 4.69) is 5.10 Å². The Hall–Kier alpha value is -3.83. The summed E-state index contributed by atoms with van der Waals surface area (Å²) in [5.41, 5.74) is -1.54. The van der Waals surface area contributed by atoms with Crippen LogP contribution in [-0.2, 0) is 0 Å². The molecule has 2 aromatic rings. The first-order valence-corrected chi connectivity index (χ1v) is 7.50. The summed E-state index contributed by atoms with van der Waals surface area (Å²) in [5, 5.41) is 24.8. The van der Waals surface area contributed by atoms with Crippen LogP contribution in [0.3, 0.4) is 0 Å². The number of nitrogens with zero attached hydrogens (tertiary/aromatic N) is 3. The first kappa shape index (κ1) is 20.5. The molecule has 0 aliphatic carbocycles. The number of hydrazone groups is 1. The minimum absolute atomic E-state index is 0.0424. The first-order chi connectivity index (χ1) is 13.1. The van der Waals surface area contributed by atoms with Gasteiger partial charge in [-0.25, -0.2) is 0 Å². The molecule has 0 saturated carbocycles. The molecular weight excluding hydrogens is 385 g/mol. The minimum atomic E-state index is -4.98. The lowest BCUT2D eigenvalue weighted by molar-refractivity contribution is -0.393. The number of nitro benzene ring substituents is 2. The number of non-ortho nitro benzene ring substituents is 1. The average molecular weight is 396 g/mol. The minimum Gasteiger partial charge on any atom is -0.294 e. The van der Waals surface area contributed by atoms with Gasteiger partial charge in [-0.2, -0.15) is 18.3 Å². The molecule has 0 bridgehead atoms. The fraction of sp³-hybridized carbons (Fsp3) is 0.125. The summed E-state index contributed by atoms with van der Waals surface area (Å²) in [4.78, 5) is 31.8. The summed E-state index contributed by atoms with van der Waals surface area (Å²) in [6.45, 7) is 0. The van der Waals surface area contributed by atoms with Crippen molar-refractivity contribution in [3.8, 4) is 0 Å². The molecule has 146 valence electrons. The molecule has 12 heteroatoms. The monoisotopic (exact) mass is 396 g/mol. The van der Waals surface area contributed by atoms with Crippen LogP contribution in [-0.4, -0.2) is 27.5 Å². The fourth-order valence-corrected chi connectivity index (χ4v) is 2.09. The molecule has 9 nitrogen and oxygen atoms in total. The van der Waals surface area contributed by atoms with Gasteiger partial charge in [0.05, 0.1) is 22.3 Å². The molecule has 2 rings (SSSR count). The van der Waals surface area contributed by atoms with Gasteiger partial charge >= 0.3 is 11.9 Å². The van der Waals surface area contributed by atoms with Gasteiger partial charge in [0.1, 0.15) is 11.4 Å². The molecule has 28 heavy (non-hydrogen) atoms. The number of hydrogen-bond donors (Lipinski definition) is 1. The number of benzene rings is 2. The van der Waals surface area contributed by atoms with Gasteiger partial charge in [0.2, 0.25) is 0 Å². The van der Waals surface area contributed by atoms with Crippen molar-refractivity contribution in [3.05, 3.63) is 74.3 Å². The molecule has 2 aromatic carbocycles. The maximum atomic E-state index is 13.2. The van der Waals surface area contributed by atoms with E-state index in [9.17, 15) is 38.2 Å². The quantitative estimate of drug-likeness (QED) is 0.325. The van der Waals surface area contributed by atoms with Crippen molar-refractivity contribution in [2.75, 3.05) is 5.43 Å². The Kier molecular flexibility index (Phi) is 6.03. The molecule has 0 aliphatic rings. The van der Waals surface area contributed by atoms with Gasteiger partial charge in [-0.05, 0) is 6.07 Å². The van der Waals surface area contributed by atoms with Crippen LogP contribution in [0.2, 0.25) is 0 Å². The normalized spacial score (nSPS) is 11.8. The summed E-state index contributed by atoms with van der Waals surface area (Å²) in [7, 11) is 0. The van der Waals surface area contributed by atoms with Crippen LogP contribution < -0.4 is 5.43 Å². The summed E-state index contributed by atoms with van der Waals surface area (Å²) < 4.78 is 39.5. The van der Waals surface area contributed by atoms with E-state index < -0.39 is 51.0 Å². The third-order valence-corrected chi connectivity index (χ3v) is 3.45. The van der Waals surface area contributed by atoms with Crippen molar-refractivity contribution in [2.24, 2.45) is 5.10 Å². The second kappa shape index (κ2) is 8.24. The van der Waals surface area contributed by atoms with E-state index >= 15 is 0 Å². The van der Waals surface area contributed by atoms with E-state index in [1.165, 1.54) is 24.3 Å². The van der Waals surface area contributed by atoms with Crippen LogP contribution in [0.25, 0.3) is 0 Å². The van der Waals surface area contributed by atoms with Crippen molar-refractivity contribution < 1.29 is 27.8 Å². The Morgan fingerprint density at radius 2 is 1.68 bits per heavy atom. The average Bonchev–Trinajstić information content (AvgIpc) is 2.64. The largest absolute Gasteiger partial charge is 0.431 e. The van der Waals surface area contributed by atoms with E-state index in [0.29, 0.717) is 6.07 Å². The van der Waals surface area contributed by atoms with Crippen LogP contribution in [0.4, 0.5) is 30.2 Å². The lowest BCUT2D eigenvalue weighted by atomic mass is 10.1. The zero-order valence-corrected chi connectivity index (χ0v) is 13.8. The number of hydrogen-bond acceptors (Lipinski definition) is 7. The van der Waals surface area contributed by atoms with Gasteiger partial charge in [-0.15, -0.1) is 0 Å². The maximum Gasteiger partial charge on any atom is 0.431 e. The number of halogens is 3. The number of alkyl halides is 3. The van der Waals surface area contributed by atoms with Crippen LogP contribution in [0.15, 0.2) is 53.6 Å². The van der Waals surface area contributed by atoms with Gasteiger partial charge in [-0.1, -0.05) is 30.3 Å². The number of nitrogens with one attached hydrogen (secondary N) is 1. The highest BCUT2D eigenvalue weighted by atomic mass is 19.4. The van der Waals surface area contributed by atoms with Crippen molar-refractivity contribution >= 4 is 28.6 Å². The molecular formula is C16H11F3N4O5. The molecule has 0 heterocycles. The van der Waals surface area contributed by atoms with Crippen molar-refractivity contribution in [1.82, 2.24) is 0 Å². The van der Waals surface area contributed by atoms with E-state index in [0.717, 1.165) is 12.1 Å². The maximum absolute atomic E-state index is 13.2. The van der Waals surface area contributed by atoms with Crippen molar-refractivity contribution in [3.63, 3.8) is 0 Å². The fourth-order valence-electron chi connectivity index (χ4n) is 2.09. The van der Waals surface area contributed by atoms with Gasteiger partial charge in [0, 0.05) is 11.6 Å². The van der Waals surface area contributed by atoms with Crippen LogP contribution >= 0.6 is 0 Å². The molecule has 0 fully saturated rings. The SMILES string of the molecule is O=C(C/C(=N\Nc1ccc([N+](=O)[O-])cc1[N+](=O)[O-])C(F)(F)F)c1ccccc1. The Bertz CT molecular complexity index is 945. The summed E-state index contributed by atoms with van der Waals surface area (Å²) in [6.07, 6.45) is -6.08. The molecule has 0 aliphatic heterocycles. The zero-order valence-electron chi connectivity index (χ0n) is 13.8. The smallest absolute Gasteiger partial charge is 0.294 e. The lowest BCUT2D eigenvalue weighted by Gasteiger charge is -2.11. The lowest BCUT2D eigenvalue weighted by Crippen LogP contribution is -2.27. The number of nitro groups is 2. The second-order valence-corrected chi connectivity index (χ2v) is 5.35. The molecule has 0 amide bonds. The third kappa shape index (κ3) is 5.09. The molecule has 0 aromatic heterocycles. The van der Waals surface area contributed by atoms with Crippen LogP contribution in [0, 0.1) is 20.2 Å². The number of rotatable bonds is 7. The molecule has 0 saturated heterocycles. The highest BCUT2D eigenvalue weighted by molar-refractivity contribution is 6.11. The number of carbonyl (C=O) groups excluding carboxylic acids is 1. The zero-order chi connectivity index (χ0) is 20.9. The number of carbonyl (C=O) groups is 1. The third-order valence-electron chi connectivity index (χ3n) is 3.45. The Morgan fingerprint density at radius 3 is 2.21 bits per heavy atom. The molecule has 0 radical (unpaired) electrons. The molecule has 0 atom stereocenters. The van der Waals surface area contributed by atoms with E-state index in [1.807, 2.05) is 5.43 Å². The molecule has 0 spiro atoms. The summed E-state index contributed by atoms with van der Waals surface area (Å²) in [5.74, 6) is -0.850. The van der Waals surface area contributed by atoms with E-state index in [4.69, 9.17) is 0 Å². The summed E-state index contributed by atoms with van der Waals surface area (Å²) >= 11 is 0. The van der Waals surface area contributed by atoms with Crippen molar-refractivity contribution in [2.45, 2.75) is 12.6 Å². The number of Topliss-reactive ketones (excluding diaryl/α,β-unsaturated/α-hetero) is 1. The van der Waals surface area contributed by atoms with Gasteiger partial charge < -0.3 is 0 Å². The van der Waals surface area contributed by atoms with E-state index in [-0.39, 0.29) is 5.56 Å². The first-order valence-electron chi connectivity index (χ1n) is 7.50. The van der Waals surface area contributed by atoms with Gasteiger partial charge in [0.15, 0.2) is 5.78 Å². The number of ketones is 1. The Morgan fingerprint density at radius 1 is 1.04 bits per heavy atom. The van der Waals surface area contributed by atoms with E-state index in [1.54, 1.807) is 6.07 Å². The summed E-state index contributed by atoms with van der Waals surface area (Å²) in [6, 6.07) is 9.53. The Balaban J connectivity index is 2.32. The Labute approximate surface area is 154 Å². The van der Waals surface area contributed by atoms with Crippen LogP contribution in [0.1, 0.15) is 16.8 Å². The highest BCUT2D eigenvalue weighted by Gasteiger charge is 2.37. The predicted octanol–water partition coefficient (Wildman–Crippen LogP) is 4.11. The molecule has 1 N–H and O–H groups in total. The second-order valence-electron chi connectivity index (χ2n) is 5.35. The number of anilines is 1. The topological polar surface area (TPSA) is 128 Å². The highest BCUT2D eigenvalue weighted by Crippen LogP contribution is 2.29.